The molecule has 2 aromatic carbocycles. The van der Waals surface area contributed by atoms with Crippen LogP contribution in [-0.4, -0.2) is 38.2 Å². The summed E-state index contributed by atoms with van der Waals surface area (Å²) in [6.07, 6.45) is 0.408. The van der Waals surface area contributed by atoms with E-state index in [-0.39, 0.29) is 17.9 Å². The van der Waals surface area contributed by atoms with Gasteiger partial charge in [0.05, 0.1) is 11.3 Å². The summed E-state index contributed by atoms with van der Waals surface area (Å²) in [4.78, 5) is 24.4. The molecular weight excluding hydrogens is 353 g/mol. The maximum atomic E-state index is 12.9. The number of benzene rings is 2. The molecule has 0 aliphatic heterocycles. The summed E-state index contributed by atoms with van der Waals surface area (Å²) >= 11 is 0. The molecule has 8 nitrogen and oxygen atoms in total. The maximum Gasteiger partial charge on any atom is 0.338 e. The maximum absolute atomic E-state index is 12.9. The van der Waals surface area contributed by atoms with Crippen molar-refractivity contribution in [2.45, 2.75) is 19.6 Å². The van der Waals surface area contributed by atoms with E-state index in [0.717, 1.165) is 5.56 Å². The summed E-state index contributed by atoms with van der Waals surface area (Å²) in [7, 11) is 0. The lowest BCUT2D eigenvalue weighted by molar-refractivity contribution is -0.129. The largest absolute Gasteiger partial charge is 0.449 e. The summed E-state index contributed by atoms with van der Waals surface area (Å²) in [5, 5.41) is 13.5. The Labute approximate surface area is 154 Å². The minimum absolute atomic E-state index is 0.204. The van der Waals surface area contributed by atoms with E-state index >= 15 is 0 Å². The van der Waals surface area contributed by atoms with Gasteiger partial charge in [0.15, 0.2) is 6.10 Å². The van der Waals surface area contributed by atoms with Crippen molar-refractivity contribution in [1.29, 1.82) is 0 Å². The zero-order valence-corrected chi connectivity index (χ0v) is 14.4. The molecule has 138 valence electrons. The summed E-state index contributed by atoms with van der Waals surface area (Å²) in [5.41, 5.74) is 1.58. The molecule has 1 N–H and O–H groups in total. The Morgan fingerprint density at radius 2 is 2.00 bits per heavy atom. The number of ether oxygens (including phenoxy) is 1. The summed E-state index contributed by atoms with van der Waals surface area (Å²) in [6, 6.07) is 12.3. The van der Waals surface area contributed by atoms with E-state index in [1.807, 2.05) is 0 Å². The van der Waals surface area contributed by atoms with Crippen LogP contribution in [0.4, 0.5) is 4.39 Å². The molecule has 0 fully saturated rings. The molecule has 3 aromatic rings. The number of nitrogens with zero attached hydrogens (tertiary/aromatic N) is 4. The van der Waals surface area contributed by atoms with E-state index in [0.29, 0.717) is 5.69 Å². The molecule has 9 heteroatoms. The first-order chi connectivity index (χ1) is 13.0. The first-order valence-corrected chi connectivity index (χ1v) is 8.09. The Bertz CT molecular complexity index is 928. The highest BCUT2D eigenvalue weighted by atomic mass is 19.1. The third-order valence-electron chi connectivity index (χ3n) is 3.73. The van der Waals surface area contributed by atoms with Crippen LogP contribution < -0.4 is 5.32 Å². The number of hydrogen-bond donors (Lipinski definition) is 1. The lowest BCUT2D eigenvalue weighted by Gasteiger charge is -2.14. The average molecular weight is 369 g/mol. The molecule has 1 heterocycles. The van der Waals surface area contributed by atoms with E-state index in [4.69, 9.17) is 4.74 Å². The molecule has 3 rings (SSSR count). The van der Waals surface area contributed by atoms with Gasteiger partial charge in [-0.1, -0.05) is 18.2 Å². The highest BCUT2D eigenvalue weighted by Crippen LogP contribution is 2.11. The van der Waals surface area contributed by atoms with E-state index in [1.165, 1.54) is 30.1 Å². The third-order valence-corrected chi connectivity index (χ3v) is 3.73. The van der Waals surface area contributed by atoms with Gasteiger partial charge in [-0.25, -0.2) is 13.9 Å². The monoisotopic (exact) mass is 369 g/mol. The quantitative estimate of drug-likeness (QED) is 0.664. The lowest BCUT2D eigenvalue weighted by Crippen LogP contribution is -2.35. The number of nitrogens with one attached hydrogen (secondary N) is 1. The standard InChI is InChI=1S/C18H16FN5O3/c1-12(17(25)20-10-13-5-7-15(19)8-6-13)27-18(26)14-3-2-4-16(9-14)24-11-21-22-23-24/h2-9,11-12H,10H2,1H3,(H,20,25). The Balaban J connectivity index is 1.57. The minimum Gasteiger partial charge on any atom is -0.449 e. The molecule has 1 unspecified atom stereocenters. The van der Waals surface area contributed by atoms with Gasteiger partial charge in [-0.2, -0.15) is 0 Å². The molecular formula is C18H16FN5O3. The Kier molecular flexibility index (Phi) is 5.50. The molecule has 1 aromatic heterocycles. The van der Waals surface area contributed by atoms with Gasteiger partial charge in [-0.15, -0.1) is 5.10 Å². The second-order valence-corrected chi connectivity index (χ2v) is 5.70. The molecule has 0 aliphatic rings. The zero-order chi connectivity index (χ0) is 19.2. The number of amides is 1. The van der Waals surface area contributed by atoms with Crippen LogP contribution in [0.2, 0.25) is 0 Å². The summed E-state index contributed by atoms with van der Waals surface area (Å²) in [6.45, 7) is 1.68. The fourth-order valence-corrected chi connectivity index (χ4v) is 2.27. The second-order valence-electron chi connectivity index (χ2n) is 5.70. The Morgan fingerprint density at radius 3 is 2.70 bits per heavy atom. The van der Waals surface area contributed by atoms with E-state index in [1.54, 1.807) is 36.4 Å². The summed E-state index contributed by atoms with van der Waals surface area (Å²) in [5.74, 6) is -1.45. The van der Waals surface area contributed by atoms with Crippen LogP contribution in [-0.2, 0) is 16.1 Å². The number of aromatic nitrogens is 4. The van der Waals surface area contributed by atoms with Crippen molar-refractivity contribution in [3.05, 3.63) is 71.8 Å². The van der Waals surface area contributed by atoms with Gasteiger partial charge in [0.25, 0.3) is 5.91 Å². The number of esters is 1. The van der Waals surface area contributed by atoms with Crippen LogP contribution in [0.25, 0.3) is 5.69 Å². The normalized spacial score (nSPS) is 11.6. The van der Waals surface area contributed by atoms with Gasteiger partial charge in [0, 0.05) is 6.54 Å². The number of halogens is 1. The molecule has 0 bridgehead atoms. The van der Waals surface area contributed by atoms with Crippen molar-refractivity contribution in [2.75, 3.05) is 0 Å². The smallest absolute Gasteiger partial charge is 0.338 e. The van der Waals surface area contributed by atoms with Gasteiger partial charge in [-0.05, 0) is 53.2 Å². The van der Waals surface area contributed by atoms with Crippen LogP contribution in [0.3, 0.4) is 0 Å². The first kappa shape index (κ1) is 18.2. The van der Waals surface area contributed by atoms with Gasteiger partial charge >= 0.3 is 5.97 Å². The fraction of sp³-hybridized carbons (Fsp3) is 0.167. The van der Waals surface area contributed by atoms with Crippen molar-refractivity contribution >= 4 is 11.9 Å². The predicted molar refractivity (Wildman–Crippen MR) is 92.3 cm³/mol. The number of tetrazole rings is 1. The van der Waals surface area contributed by atoms with Crippen molar-refractivity contribution < 1.29 is 18.7 Å². The molecule has 0 saturated carbocycles. The topological polar surface area (TPSA) is 99.0 Å². The first-order valence-electron chi connectivity index (χ1n) is 8.09. The van der Waals surface area contributed by atoms with E-state index in [9.17, 15) is 14.0 Å². The van der Waals surface area contributed by atoms with Crippen LogP contribution in [0, 0.1) is 5.82 Å². The van der Waals surface area contributed by atoms with Crippen molar-refractivity contribution in [3.63, 3.8) is 0 Å². The van der Waals surface area contributed by atoms with E-state index < -0.39 is 18.0 Å². The van der Waals surface area contributed by atoms with Gasteiger partial charge in [0.2, 0.25) is 0 Å². The van der Waals surface area contributed by atoms with Gasteiger partial charge in [-0.3, -0.25) is 4.79 Å². The Hall–Kier alpha value is -3.62. The zero-order valence-electron chi connectivity index (χ0n) is 14.4. The van der Waals surface area contributed by atoms with Crippen molar-refractivity contribution in [1.82, 2.24) is 25.5 Å². The van der Waals surface area contributed by atoms with Crippen LogP contribution in [0.5, 0.6) is 0 Å². The molecule has 0 aliphatic carbocycles. The SMILES string of the molecule is CC(OC(=O)c1cccc(-n2cnnn2)c1)C(=O)NCc1ccc(F)cc1. The molecule has 1 atom stereocenters. The molecule has 0 saturated heterocycles. The second kappa shape index (κ2) is 8.17. The number of carbonyl (C=O) groups is 2. The molecule has 1 amide bonds. The van der Waals surface area contributed by atoms with Crippen LogP contribution in [0.1, 0.15) is 22.8 Å². The van der Waals surface area contributed by atoms with Crippen LogP contribution in [0.15, 0.2) is 54.9 Å². The highest BCUT2D eigenvalue weighted by molar-refractivity contribution is 5.92. The van der Waals surface area contributed by atoms with E-state index in [2.05, 4.69) is 20.8 Å². The molecule has 0 spiro atoms. The number of hydrogen-bond acceptors (Lipinski definition) is 6. The van der Waals surface area contributed by atoms with Crippen LogP contribution >= 0.6 is 0 Å². The number of rotatable bonds is 6. The van der Waals surface area contributed by atoms with Gasteiger partial charge < -0.3 is 10.1 Å². The van der Waals surface area contributed by atoms with Crippen molar-refractivity contribution in [3.8, 4) is 5.69 Å². The number of carbonyl (C=O) groups excluding carboxylic acids is 2. The highest BCUT2D eigenvalue weighted by Gasteiger charge is 2.19. The average Bonchev–Trinajstić information content (AvgIpc) is 3.22. The Morgan fingerprint density at radius 1 is 1.22 bits per heavy atom. The van der Waals surface area contributed by atoms with Gasteiger partial charge in [0.1, 0.15) is 12.1 Å². The fourth-order valence-electron chi connectivity index (χ4n) is 2.27. The molecule has 27 heavy (non-hydrogen) atoms. The summed E-state index contributed by atoms with van der Waals surface area (Å²) < 4.78 is 19.5. The predicted octanol–water partition coefficient (Wildman–Crippen LogP) is 1.66. The molecule has 0 radical (unpaired) electrons. The van der Waals surface area contributed by atoms with Crippen molar-refractivity contribution in [2.24, 2.45) is 0 Å². The lowest BCUT2D eigenvalue weighted by atomic mass is 10.2. The third kappa shape index (κ3) is 4.72. The minimum atomic E-state index is -0.991.